The molecule has 0 aliphatic heterocycles. The van der Waals surface area contributed by atoms with E-state index in [0.717, 1.165) is 0 Å². The number of carboxylic acids is 1. The number of rotatable bonds is 6. The van der Waals surface area contributed by atoms with Gasteiger partial charge < -0.3 is 16.2 Å². The van der Waals surface area contributed by atoms with Gasteiger partial charge in [-0.2, -0.15) is 0 Å². The molecule has 1 rings (SSSR count). The van der Waals surface area contributed by atoms with E-state index < -0.39 is 35.0 Å². The Morgan fingerprint density at radius 1 is 1.29 bits per heavy atom. The van der Waals surface area contributed by atoms with Gasteiger partial charge in [0.2, 0.25) is 5.91 Å². The van der Waals surface area contributed by atoms with E-state index in [4.69, 9.17) is 10.8 Å². The average Bonchev–Trinajstić information content (AvgIpc) is 2.39. The summed E-state index contributed by atoms with van der Waals surface area (Å²) in [6, 6.07) is 1.19. The van der Waals surface area contributed by atoms with Gasteiger partial charge in [0.25, 0.3) is 0 Å². The summed E-state index contributed by atoms with van der Waals surface area (Å²) >= 11 is 0. The minimum absolute atomic E-state index is 0.0795. The average molecular weight is 300 g/mol. The van der Waals surface area contributed by atoms with Gasteiger partial charge in [-0.1, -0.05) is 13.8 Å². The molecule has 0 heterocycles. The molecule has 4 N–H and O–H groups in total. The Kier molecular flexibility index (Phi) is 5.78. The summed E-state index contributed by atoms with van der Waals surface area (Å²) in [5.74, 6) is -4.81. The van der Waals surface area contributed by atoms with Crippen LogP contribution in [0.5, 0.6) is 0 Å². The molecule has 0 fully saturated rings. The van der Waals surface area contributed by atoms with Crippen LogP contribution in [0.15, 0.2) is 12.1 Å². The highest BCUT2D eigenvalue weighted by Crippen LogP contribution is 2.22. The summed E-state index contributed by atoms with van der Waals surface area (Å²) in [6.45, 7) is 3.91. The third kappa shape index (κ3) is 4.49. The highest BCUT2D eigenvalue weighted by atomic mass is 19.2. The minimum atomic E-state index is -1.46. The van der Waals surface area contributed by atoms with Crippen LogP contribution in [0.25, 0.3) is 0 Å². The molecule has 0 aromatic heterocycles. The summed E-state index contributed by atoms with van der Waals surface area (Å²) in [6.07, 6.45) is 0.508. The lowest BCUT2D eigenvalue weighted by Crippen LogP contribution is -2.31. The van der Waals surface area contributed by atoms with Crippen molar-refractivity contribution in [3.63, 3.8) is 0 Å². The van der Waals surface area contributed by atoms with Crippen LogP contribution >= 0.6 is 0 Å². The van der Waals surface area contributed by atoms with Gasteiger partial charge in [0.1, 0.15) is 0 Å². The van der Waals surface area contributed by atoms with Crippen LogP contribution in [0.2, 0.25) is 0 Å². The molecule has 1 aromatic carbocycles. The van der Waals surface area contributed by atoms with Crippen molar-refractivity contribution in [2.45, 2.75) is 20.3 Å². The van der Waals surface area contributed by atoms with E-state index in [1.54, 1.807) is 0 Å². The first-order valence-electron chi connectivity index (χ1n) is 6.49. The van der Waals surface area contributed by atoms with Crippen LogP contribution in [0.4, 0.5) is 14.5 Å². The Labute approximate surface area is 121 Å². The maximum atomic E-state index is 13.2. The number of hydrogen-bond donors (Lipinski definition) is 3. The molecule has 1 aromatic rings. The molecule has 0 saturated heterocycles. The maximum absolute atomic E-state index is 13.2. The van der Waals surface area contributed by atoms with E-state index in [-0.39, 0.29) is 18.2 Å². The largest absolute Gasteiger partial charge is 0.478 e. The number of carboxylic acid groups (broad SMARTS) is 1. The van der Waals surface area contributed by atoms with E-state index >= 15 is 0 Å². The Bertz CT molecular complexity index is 547. The molecule has 0 spiro atoms. The fraction of sp³-hybridized carbons (Fsp3) is 0.429. The normalized spacial score (nSPS) is 12.3. The van der Waals surface area contributed by atoms with Crippen molar-refractivity contribution in [2.75, 3.05) is 11.9 Å². The van der Waals surface area contributed by atoms with E-state index in [0.29, 0.717) is 18.6 Å². The second-order valence-corrected chi connectivity index (χ2v) is 5.17. The van der Waals surface area contributed by atoms with E-state index in [1.165, 1.54) is 0 Å². The van der Waals surface area contributed by atoms with Gasteiger partial charge in [0.05, 0.1) is 17.2 Å². The zero-order valence-electron chi connectivity index (χ0n) is 11.8. The summed E-state index contributed by atoms with van der Waals surface area (Å²) in [5.41, 5.74) is 4.72. The molecule has 0 aliphatic rings. The maximum Gasteiger partial charge on any atom is 0.337 e. The van der Waals surface area contributed by atoms with Crippen LogP contribution < -0.4 is 11.1 Å². The van der Waals surface area contributed by atoms with Crippen molar-refractivity contribution < 1.29 is 23.5 Å². The van der Waals surface area contributed by atoms with Gasteiger partial charge in [-0.15, -0.1) is 0 Å². The standard InChI is InChI=1S/C14H18F2N2O3/c1-7(2)3-8(6-17)13(19)18-12-5-11(16)10(15)4-9(12)14(20)21/h4-5,7-8H,3,6,17H2,1-2H3,(H,18,19)(H,20,21). The number of nitrogens with one attached hydrogen (secondary N) is 1. The molecule has 116 valence electrons. The van der Waals surface area contributed by atoms with Gasteiger partial charge in [0.15, 0.2) is 11.6 Å². The highest BCUT2D eigenvalue weighted by molar-refractivity contribution is 6.01. The topological polar surface area (TPSA) is 92.4 Å². The zero-order valence-corrected chi connectivity index (χ0v) is 11.8. The second kappa shape index (κ2) is 7.12. The molecule has 5 nitrogen and oxygen atoms in total. The second-order valence-electron chi connectivity index (χ2n) is 5.17. The Morgan fingerprint density at radius 2 is 1.86 bits per heavy atom. The molecule has 1 atom stereocenters. The van der Waals surface area contributed by atoms with Crippen molar-refractivity contribution in [3.8, 4) is 0 Å². The van der Waals surface area contributed by atoms with Gasteiger partial charge in [-0.25, -0.2) is 13.6 Å². The lowest BCUT2D eigenvalue weighted by molar-refractivity contribution is -0.120. The fourth-order valence-electron chi connectivity index (χ4n) is 1.94. The monoisotopic (exact) mass is 300 g/mol. The van der Waals surface area contributed by atoms with Gasteiger partial charge in [-0.3, -0.25) is 4.79 Å². The van der Waals surface area contributed by atoms with E-state index in [2.05, 4.69) is 5.32 Å². The molecule has 0 radical (unpaired) electrons. The lowest BCUT2D eigenvalue weighted by Gasteiger charge is -2.17. The molecular weight excluding hydrogens is 282 g/mol. The van der Waals surface area contributed by atoms with Crippen molar-refractivity contribution in [3.05, 3.63) is 29.3 Å². The van der Waals surface area contributed by atoms with Crippen LogP contribution in [-0.2, 0) is 4.79 Å². The van der Waals surface area contributed by atoms with Crippen LogP contribution in [0, 0.1) is 23.5 Å². The predicted molar refractivity (Wildman–Crippen MR) is 73.9 cm³/mol. The first-order chi connectivity index (χ1) is 9.76. The van der Waals surface area contributed by atoms with E-state index in [9.17, 15) is 18.4 Å². The Hall–Kier alpha value is -2.02. The molecule has 0 saturated carbocycles. The smallest absolute Gasteiger partial charge is 0.337 e. The summed E-state index contributed by atoms with van der Waals surface area (Å²) in [7, 11) is 0. The van der Waals surface area contributed by atoms with Gasteiger partial charge >= 0.3 is 5.97 Å². The van der Waals surface area contributed by atoms with Gasteiger partial charge in [-0.05, 0) is 18.4 Å². The molecule has 0 aliphatic carbocycles. The quantitative estimate of drug-likeness (QED) is 0.751. The van der Waals surface area contributed by atoms with Crippen molar-refractivity contribution in [1.29, 1.82) is 0 Å². The number of hydrogen-bond acceptors (Lipinski definition) is 3. The molecule has 1 amide bonds. The van der Waals surface area contributed by atoms with Gasteiger partial charge in [0, 0.05) is 12.6 Å². The molecule has 0 bridgehead atoms. The number of nitrogens with two attached hydrogens (primary N) is 1. The van der Waals surface area contributed by atoms with Crippen LogP contribution in [0.1, 0.15) is 30.6 Å². The number of aromatic carboxylic acids is 1. The van der Waals surface area contributed by atoms with Crippen molar-refractivity contribution in [2.24, 2.45) is 17.6 Å². The number of halogens is 2. The molecule has 1 unspecified atom stereocenters. The van der Waals surface area contributed by atoms with Crippen LogP contribution in [-0.4, -0.2) is 23.5 Å². The third-order valence-electron chi connectivity index (χ3n) is 2.96. The molecular formula is C14H18F2N2O3. The number of benzene rings is 1. The molecule has 7 heteroatoms. The zero-order chi connectivity index (χ0) is 16.2. The Morgan fingerprint density at radius 3 is 2.33 bits per heavy atom. The first-order valence-corrected chi connectivity index (χ1v) is 6.49. The first kappa shape index (κ1) is 17.0. The Balaban J connectivity index is 3.03. The summed E-state index contributed by atoms with van der Waals surface area (Å²) in [4.78, 5) is 23.1. The predicted octanol–water partition coefficient (Wildman–Crippen LogP) is 2.22. The SMILES string of the molecule is CC(C)CC(CN)C(=O)Nc1cc(F)c(F)cc1C(=O)O. The minimum Gasteiger partial charge on any atom is -0.478 e. The summed E-state index contributed by atoms with van der Waals surface area (Å²) < 4.78 is 26.3. The summed E-state index contributed by atoms with van der Waals surface area (Å²) in [5, 5.41) is 11.3. The van der Waals surface area contributed by atoms with Crippen molar-refractivity contribution >= 4 is 17.6 Å². The number of carbonyl (C=O) groups excluding carboxylic acids is 1. The molecule has 21 heavy (non-hydrogen) atoms. The lowest BCUT2D eigenvalue weighted by atomic mass is 9.96. The van der Waals surface area contributed by atoms with Crippen LogP contribution in [0.3, 0.4) is 0 Å². The number of carbonyl (C=O) groups is 2. The highest BCUT2D eigenvalue weighted by Gasteiger charge is 2.22. The van der Waals surface area contributed by atoms with E-state index in [1.807, 2.05) is 13.8 Å². The number of amides is 1. The third-order valence-corrected chi connectivity index (χ3v) is 2.96. The fourth-order valence-corrected chi connectivity index (χ4v) is 1.94. The van der Waals surface area contributed by atoms with Crippen molar-refractivity contribution in [1.82, 2.24) is 0 Å². The number of anilines is 1.